The highest BCUT2D eigenvalue weighted by atomic mass is 79.9. The lowest BCUT2D eigenvalue weighted by atomic mass is 10.1. The van der Waals surface area contributed by atoms with Gasteiger partial charge in [0.1, 0.15) is 5.58 Å². The summed E-state index contributed by atoms with van der Waals surface area (Å²) in [6.07, 6.45) is 0.353. The van der Waals surface area contributed by atoms with Gasteiger partial charge in [-0.1, -0.05) is 46.3 Å². The summed E-state index contributed by atoms with van der Waals surface area (Å²) in [5.41, 5.74) is 2.83. The largest absolute Gasteiger partial charge is 0.453 e. The van der Waals surface area contributed by atoms with E-state index in [9.17, 15) is 4.79 Å². The van der Waals surface area contributed by atoms with Crippen molar-refractivity contribution in [3.05, 3.63) is 69.9 Å². The lowest BCUT2D eigenvalue weighted by Crippen LogP contribution is -2.01. The highest BCUT2D eigenvalue weighted by Crippen LogP contribution is 2.23. The number of ketones is 1. The molecule has 3 rings (SSSR count). The predicted molar refractivity (Wildman–Crippen MR) is 83.1 cm³/mol. The van der Waals surface area contributed by atoms with Gasteiger partial charge >= 0.3 is 0 Å². The highest BCUT2D eigenvalue weighted by molar-refractivity contribution is 9.10. The molecule has 20 heavy (non-hydrogen) atoms. The second-order valence-electron chi connectivity index (χ2n) is 4.83. The fraction of sp³-hybridized carbons (Fsp3) is 0.118. The molecule has 2 nitrogen and oxygen atoms in total. The van der Waals surface area contributed by atoms with Crippen molar-refractivity contribution < 1.29 is 9.21 Å². The number of rotatable bonds is 3. The van der Waals surface area contributed by atoms with Gasteiger partial charge in [-0.3, -0.25) is 4.79 Å². The number of carbonyl (C=O) groups excluding carboxylic acids is 1. The summed E-state index contributed by atoms with van der Waals surface area (Å²) in [6, 6.07) is 15.5. The van der Waals surface area contributed by atoms with E-state index < -0.39 is 0 Å². The molecule has 0 aliphatic heterocycles. The average molecular weight is 329 g/mol. The Morgan fingerprint density at radius 1 is 1.15 bits per heavy atom. The van der Waals surface area contributed by atoms with Gasteiger partial charge in [-0.2, -0.15) is 0 Å². The van der Waals surface area contributed by atoms with Gasteiger partial charge < -0.3 is 4.42 Å². The van der Waals surface area contributed by atoms with Gasteiger partial charge in [-0.15, -0.1) is 0 Å². The number of benzene rings is 2. The molecule has 0 N–H and O–H groups in total. The molecule has 0 saturated heterocycles. The Hall–Kier alpha value is -1.87. The number of Topliss-reactive ketones (excluding diaryl/α,β-unsaturated/α-hetero) is 1. The number of fused-ring (bicyclic) bond motifs is 1. The van der Waals surface area contributed by atoms with Gasteiger partial charge in [0, 0.05) is 16.3 Å². The molecular weight excluding hydrogens is 316 g/mol. The van der Waals surface area contributed by atoms with Gasteiger partial charge in [-0.25, -0.2) is 0 Å². The molecule has 2 aromatic carbocycles. The van der Waals surface area contributed by atoms with Crippen molar-refractivity contribution in [2.45, 2.75) is 13.3 Å². The number of hydrogen-bond acceptors (Lipinski definition) is 2. The molecule has 0 spiro atoms. The zero-order valence-electron chi connectivity index (χ0n) is 11.0. The van der Waals surface area contributed by atoms with E-state index in [0.717, 1.165) is 26.6 Å². The smallest absolute Gasteiger partial charge is 0.202 e. The molecule has 0 amide bonds. The summed E-state index contributed by atoms with van der Waals surface area (Å²) in [5, 5.41) is 0.976. The van der Waals surface area contributed by atoms with Crippen LogP contribution in [0.3, 0.4) is 0 Å². The Bertz CT molecular complexity index is 769. The molecule has 3 aromatic rings. The predicted octanol–water partition coefficient (Wildman–Crippen LogP) is 4.93. The number of halogens is 1. The van der Waals surface area contributed by atoms with Crippen molar-refractivity contribution in [2.75, 3.05) is 0 Å². The van der Waals surface area contributed by atoms with E-state index in [2.05, 4.69) is 15.9 Å². The molecule has 0 unspecified atom stereocenters. The Labute approximate surface area is 125 Å². The fourth-order valence-corrected chi connectivity index (χ4v) is 2.49. The lowest BCUT2D eigenvalue weighted by molar-refractivity contribution is 0.0968. The number of carbonyl (C=O) groups is 1. The van der Waals surface area contributed by atoms with Crippen LogP contribution in [0.4, 0.5) is 0 Å². The van der Waals surface area contributed by atoms with Crippen molar-refractivity contribution in [2.24, 2.45) is 0 Å². The van der Waals surface area contributed by atoms with E-state index in [1.54, 1.807) is 0 Å². The molecule has 0 atom stereocenters. The number of furan rings is 1. The van der Waals surface area contributed by atoms with E-state index in [4.69, 9.17) is 4.42 Å². The van der Waals surface area contributed by atoms with Crippen molar-refractivity contribution in [1.29, 1.82) is 0 Å². The van der Waals surface area contributed by atoms with E-state index in [1.165, 1.54) is 0 Å². The van der Waals surface area contributed by atoms with Crippen molar-refractivity contribution in [3.8, 4) is 0 Å². The first kappa shape index (κ1) is 13.1. The van der Waals surface area contributed by atoms with Gasteiger partial charge in [0.25, 0.3) is 0 Å². The van der Waals surface area contributed by atoms with Crippen LogP contribution in [-0.4, -0.2) is 5.78 Å². The molecule has 3 heteroatoms. The molecule has 0 saturated carbocycles. The highest BCUT2D eigenvalue weighted by Gasteiger charge is 2.13. The minimum absolute atomic E-state index is 0.00271. The molecule has 1 aromatic heterocycles. The Morgan fingerprint density at radius 3 is 2.60 bits per heavy atom. The summed E-state index contributed by atoms with van der Waals surface area (Å²) < 4.78 is 6.71. The SMILES string of the molecule is Cc1cccc2cc(C(=O)Cc3ccc(Br)cc3)oc12. The van der Waals surface area contributed by atoms with E-state index >= 15 is 0 Å². The Balaban J connectivity index is 1.89. The average Bonchev–Trinajstić information content (AvgIpc) is 2.87. The van der Waals surface area contributed by atoms with E-state index in [-0.39, 0.29) is 5.78 Å². The van der Waals surface area contributed by atoms with Crippen LogP contribution in [0.1, 0.15) is 21.7 Å². The first-order valence-electron chi connectivity index (χ1n) is 6.40. The quantitative estimate of drug-likeness (QED) is 0.638. The number of hydrogen-bond donors (Lipinski definition) is 0. The normalized spacial score (nSPS) is 10.9. The summed E-state index contributed by atoms with van der Waals surface area (Å²) in [7, 11) is 0. The standard InChI is InChI=1S/C17H13BrO2/c1-11-3-2-4-13-10-16(20-17(11)13)15(19)9-12-5-7-14(18)8-6-12/h2-8,10H,9H2,1H3. The van der Waals surface area contributed by atoms with E-state index in [0.29, 0.717) is 12.2 Å². The van der Waals surface area contributed by atoms with Gasteiger partial charge in [0.2, 0.25) is 5.78 Å². The van der Waals surface area contributed by atoms with Crippen LogP contribution in [0.25, 0.3) is 11.0 Å². The Kier molecular flexibility index (Phi) is 3.45. The third-order valence-corrected chi connectivity index (χ3v) is 3.82. The third-order valence-electron chi connectivity index (χ3n) is 3.29. The van der Waals surface area contributed by atoms with Crippen molar-refractivity contribution >= 4 is 32.7 Å². The van der Waals surface area contributed by atoms with Crippen LogP contribution in [0.15, 0.2) is 57.4 Å². The molecule has 100 valence electrons. The molecular formula is C17H13BrO2. The van der Waals surface area contributed by atoms with Crippen LogP contribution in [0.2, 0.25) is 0 Å². The van der Waals surface area contributed by atoms with Crippen molar-refractivity contribution in [1.82, 2.24) is 0 Å². The minimum atomic E-state index is 0.00271. The second-order valence-corrected chi connectivity index (χ2v) is 5.75. The lowest BCUT2D eigenvalue weighted by Gasteiger charge is -1.99. The number of aryl methyl sites for hydroxylation is 1. The molecule has 0 aliphatic carbocycles. The molecule has 0 radical (unpaired) electrons. The molecule has 1 heterocycles. The maximum Gasteiger partial charge on any atom is 0.202 e. The first-order chi connectivity index (χ1) is 9.63. The topological polar surface area (TPSA) is 30.2 Å². The molecule has 0 aliphatic rings. The zero-order valence-corrected chi connectivity index (χ0v) is 12.6. The van der Waals surface area contributed by atoms with E-state index in [1.807, 2.05) is 55.5 Å². The monoisotopic (exact) mass is 328 g/mol. The van der Waals surface area contributed by atoms with Crippen LogP contribution in [-0.2, 0) is 6.42 Å². The maximum atomic E-state index is 12.3. The molecule has 0 bridgehead atoms. The van der Waals surface area contributed by atoms with Gasteiger partial charge in [0.05, 0.1) is 0 Å². The van der Waals surface area contributed by atoms with Gasteiger partial charge in [-0.05, 0) is 36.2 Å². The third kappa shape index (κ3) is 2.54. The summed E-state index contributed by atoms with van der Waals surface area (Å²) in [5.74, 6) is 0.431. The second kappa shape index (κ2) is 5.25. The fourth-order valence-electron chi connectivity index (χ4n) is 2.22. The van der Waals surface area contributed by atoms with Gasteiger partial charge in [0.15, 0.2) is 5.76 Å². The Morgan fingerprint density at radius 2 is 1.90 bits per heavy atom. The minimum Gasteiger partial charge on any atom is -0.453 e. The number of para-hydroxylation sites is 1. The zero-order chi connectivity index (χ0) is 14.1. The van der Waals surface area contributed by atoms with Crippen LogP contribution in [0.5, 0.6) is 0 Å². The van der Waals surface area contributed by atoms with Crippen LogP contribution < -0.4 is 0 Å². The molecule has 0 fully saturated rings. The summed E-state index contributed by atoms with van der Waals surface area (Å²) in [4.78, 5) is 12.3. The maximum absolute atomic E-state index is 12.3. The van der Waals surface area contributed by atoms with Crippen LogP contribution >= 0.6 is 15.9 Å². The van der Waals surface area contributed by atoms with Crippen LogP contribution in [0, 0.1) is 6.92 Å². The van der Waals surface area contributed by atoms with Crippen molar-refractivity contribution in [3.63, 3.8) is 0 Å². The summed E-state index contributed by atoms with van der Waals surface area (Å²) >= 11 is 3.38. The first-order valence-corrected chi connectivity index (χ1v) is 7.19. The summed E-state index contributed by atoms with van der Waals surface area (Å²) in [6.45, 7) is 1.98.